The van der Waals surface area contributed by atoms with Crippen molar-refractivity contribution >= 4 is 31.0 Å². The van der Waals surface area contributed by atoms with E-state index in [0.717, 1.165) is 25.3 Å². The summed E-state index contributed by atoms with van der Waals surface area (Å²) < 4.78 is 14.5. The first-order valence-electron chi connectivity index (χ1n) is 9.85. The normalized spacial score (nSPS) is 11.8. The molecule has 0 radical (unpaired) electrons. The van der Waals surface area contributed by atoms with Crippen LogP contribution in [-0.4, -0.2) is 58.7 Å². The molecule has 0 bridgehead atoms. The van der Waals surface area contributed by atoms with Gasteiger partial charge in [-0.05, 0) is 17.7 Å². The number of ether oxygens (including phenoxy) is 3. The molecule has 0 fully saturated rings. The van der Waals surface area contributed by atoms with Gasteiger partial charge in [0.25, 0.3) is 0 Å². The van der Waals surface area contributed by atoms with E-state index in [9.17, 15) is 34.3 Å². The van der Waals surface area contributed by atoms with Gasteiger partial charge in [-0.1, -0.05) is 30.3 Å². The van der Waals surface area contributed by atoms with E-state index in [1.165, 1.54) is 7.11 Å². The van der Waals surface area contributed by atoms with E-state index < -0.39 is 48.1 Å². The zero-order chi connectivity index (χ0) is 25.3. The molecule has 2 aromatic carbocycles. The highest BCUT2D eigenvalue weighted by Gasteiger charge is 2.46. The Labute approximate surface area is 195 Å². The van der Waals surface area contributed by atoms with Crippen molar-refractivity contribution < 1.29 is 43.3 Å². The van der Waals surface area contributed by atoms with Gasteiger partial charge in [0.1, 0.15) is 18.8 Å². The maximum atomic E-state index is 12.6. The highest BCUT2D eigenvalue weighted by atomic mass is 31.2. The van der Waals surface area contributed by atoms with Crippen LogP contribution in [0.25, 0.3) is 0 Å². The van der Waals surface area contributed by atoms with Crippen LogP contribution < -0.4 is 10.1 Å². The third-order valence-electron chi connectivity index (χ3n) is 4.67. The number of esters is 1. The summed E-state index contributed by atoms with van der Waals surface area (Å²) in [5, 5.41) is 13.4. The number of amides is 1. The van der Waals surface area contributed by atoms with Crippen molar-refractivity contribution in [3.63, 3.8) is 0 Å². The number of rotatable bonds is 11. The van der Waals surface area contributed by atoms with Crippen molar-refractivity contribution in [3.8, 4) is 5.75 Å². The third kappa shape index (κ3) is 7.20. The summed E-state index contributed by atoms with van der Waals surface area (Å²) in [6.07, 6.45) is -1.90. The van der Waals surface area contributed by atoms with Crippen LogP contribution in [0.4, 0.5) is 10.5 Å². The highest BCUT2D eigenvalue weighted by Crippen LogP contribution is 2.54. The highest BCUT2D eigenvalue weighted by molar-refractivity contribution is 7.81. The Balaban J connectivity index is 2.06. The fourth-order valence-electron chi connectivity index (χ4n) is 2.88. The van der Waals surface area contributed by atoms with Gasteiger partial charge in [-0.25, -0.2) is 24.2 Å². The SMILES string of the molecule is COC(=O)[C@H](CC[P+](O)(O)C(=O)c1ccc(OC)c([N+](=O)[O-])c1)NC(=O)OCc1ccccc1. The molecule has 2 aromatic rings. The van der Waals surface area contributed by atoms with Crippen molar-refractivity contribution in [2.24, 2.45) is 0 Å². The van der Waals surface area contributed by atoms with E-state index in [-0.39, 0.29) is 24.3 Å². The Bertz CT molecular complexity index is 1050. The molecule has 0 unspecified atom stereocenters. The molecule has 0 saturated heterocycles. The summed E-state index contributed by atoms with van der Waals surface area (Å²) in [5.41, 5.74) is -1.25. The zero-order valence-electron chi connectivity index (χ0n) is 18.4. The predicted octanol–water partition coefficient (Wildman–Crippen LogP) is 2.43. The molecule has 3 N–H and O–H groups in total. The lowest BCUT2D eigenvalue weighted by Gasteiger charge is -2.18. The van der Waals surface area contributed by atoms with Crippen LogP contribution in [0.2, 0.25) is 0 Å². The number of nitro groups is 1. The van der Waals surface area contributed by atoms with Crippen LogP contribution in [0.15, 0.2) is 48.5 Å². The van der Waals surface area contributed by atoms with Crippen molar-refractivity contribution in [3.05, 3.63) is 69.8 Å². The lowest BCUT2D eigenvalue weighted by atomic mass is 10.2. The van der Waals surface area contributed by atoms with Gasteiger partial charge in [-0.2, -0.15) is 0 Å². The van der Waals surface area contributed by atoms with Gasteiger partial charge < -0.3 is 19.5 Å². The molecule has 0 aliphatic rings. The molecule has 34 heavy (non-hydrogen) atoms. The molecule has 0 spiro atoms. The van der Waals surface area contributed by atoms with Crippen LogP contribution >= 0.6 is 7.72 Å². The van der Waals surface area contributed by atoms with Gasteiger partial charge in [0.05, 0.1) is 24.7 Å². The summed E-state index contributed by atoms with van der Waals surface area (Å²) in [5.74, 6) is -0.991. The minimum absolute atomic E-state index is 0.0633. The number of carbonyl (C=O) groups excluding carboxylic acids is 3. The van der Waals surface area contributed by atoms with Gasteiger partial charge in [-0.3, -0.25) is 10.1 Å². The summed E-state index contributed by atoms with van der Waals surface area (Å²) in [6, 6.07) is 10.6. The van der Waals surface area contributed by atoms with Crippen molar-refractivity contribution in [1.82, 2.24) is 5.32 Å². The minimum Gasteiger partial charge on any atom is -0.490 e. The van der Waals surface area contributed by atoms with Gasteiger partial charge >= 0.3 is 31.0 Å². The number of nitrogens with zero attached hydrogens (tertiary/aromatic N) is 1. The van der Waals surface area contributed by atoms with E-state index in [2.05, 4.69) is 10.1 Å². The number of hydrogen-bond acceptors (Lipinski definition) is 10. The Morgan fingerprint density at radius 3 is 2.38 bits per heavy atom. The summed E-state index contributed by atoms with van der Waals surface area (Å²) in [4.78, 5) is 68.0. The molecule has 13 heteroatoms. The fourth-order valence-corrected chi connectivity index (χ4v) is 4.26. The number of nitro benzene ring substituents is 1. The lowest BCUT2D eigenvalue weighted by molar-refractivity contribution is -0.385. The fraction of sp³-hybridized carbons (Fsp3) is 0.286. The van der Waals surface area contributed by atoms with Crippen LogP contribution in [0.5, 0.6) is 5.75 Å². The topological polar surface area (TPSA) is 175 Å². The molecule has 0 aliphatic heterocycles. The molecule has 1 atom stereocenters. The average molecular weight is 495 g/mol. The molecule has 2 rings (SSSR count). The van der Waals surface area contributed by atoms with Crippen molar-refractivity contribution in [1.29, 1.82) is 0 Å². The number of carbonyl (C=O) groups is 3. The van der Waals surface area contributed by atoms with Gasteiger partial charge in [0.15, 0.2) is 5.75 Å². The summed E-state index contributed by atoms with van der Waals surface area (Å²) >= 11 is 0. The number of benzene rings is 2. The Hall–Kier alpha value is -3.60. The molecule has 0 saturated carbocycles. The molecule has 1 amide bonds. The molecular formula is C21H24N2O10P+. The van der Waals surface area contributed by atoms with Crippen molar-refractivity contribution in [2.75, 3.05) is 20.4 Å². The second-order valence-corrected chi connectivity index (χ2v) is 9.29. The molecular weight excluding hydrogens is 471 g/mol. The summed E-state index contributed by atoms with van der Waals surface area (Å²) in [6.45, 7) is -0.0633. The first-order valence-corrected chi connectivity index (χ1v) is 11.7. The second-order valence-electron chi connectivity index (χ2n) is 6.97. The predicted molar refractivity (Wildman–Crippen MR) is 120 cm³/mol. The number of nitrogens with one attached hydrogen (secondary N) is 1. The zero-order valence-corrected chi connectivity index (χ0v) is 19.3. The number of alkyl carbamates (subject to hydrolysis) is 1. The molecule has 12 nitrogen and oxygen atoms in total. The van der Waals surface area contributed by atoms with E-state index in [0.29, 0.717) is 5.56 Å². The quantitative estimate of drug-likeness (QED) is 0.182. The van der Waals surface area contributed by atoms with E-state index in [4.69, 9.17) is 9.47 Å². The monoisotopic (exact) mass is 495 g/mol. The largest absolute Gasteiger partial charge is 0.490 e. The number of methoxy groups -OCH3 is 2. The first-order chi connectivity index (χ1) is 16.1. The van der Waals surface area contributed by atoms with Crippen LogP contribution in [0, 0.1) is 10.1 Å². The van der Waals surface area contributed by atoms with Crippen LogP contribution in [0.3, 0.4) is 0 Å². The van der Waals surface area contributed by atoms with Crippen LogP contribution in [-0.2, 0) is 20.9 Å². The van der Waals surface area contributed by atoms with E-state index in [1.807, 2.05) is 0 Å². The van der Waals surface area contributed by atoms with Gasteiger partial charge in [-0.15, -0.1) is 0 Å². The maximum Gasteiger partial charge on any atom is 0.408 e. The summed E-state index contributed by atoms with van der Waals surface area (Å²) in [7, 11) is -2.05. The molecule has 0 aliphatic carbocycles. The van der Waals surface area contributed by atoms with Crippen LogP contribution in [0.1, 0.15) is 22.3 Å². The molecule has 182 valence electrons. The minimum atomic E-state index is -4.34. The Morgan fingerprint density at radius 2 is 1.79 bits per heavy atom. The van der Waals surface area contributed by atoms with Gasteiger partial charge in [0, 0.05) is 12.5 Å². The molecule has 0 aromatic heterocycles. The smallest absolute Gasteiger partial charge is 0.408 e. The first kappa shape index (κ1) is 26.7. The Morgan fingerprint density at radius 1 is 1.12 bits per heavy atom. The van der Waals surface area contributed by atoms with E-state index >= 15 is 0 Å². The maximum absolute atomic E-state index is 12.6. The van der Waals surface area contributed by atoms with E-state index in [1.54, 1.807) is 30.3 Å². The molecule has 0 heterocycles. The third-order valence-corrected chi connectivity index (χ3v) is 6.46. The number of hydrogen-bond donors (Lipinski definition) is 3. The van der Waals surface area contributed by atoms with Crippen molar-refractivity contribution in [2.45, 2.75) is 19.1 Å². The average Bonchev–Trinajstić information content (AvgIpc) is 2.84. The Kier molecular flexibility index (Phi) is 9.43. The van der Waals surface area contributed by atoms with Gasteiger partial charge in [0.2, 0.25) is 0 Å². The second kappa shape index (κ2) is 12.0. The lowest BCUT2D eigenvalue weighted by Crippen LogP contribution is -2.42. The standard InChI is InChI=1S/C21H23N2O10P/c1-31-18-9-8-15(12-17(18)23(27)28)20(25)34(29,30)11-10-16(19(24)32-2)22-21(26)33-13-14-6-4-3-5-7-14/h3-9,12,16,29-30H,10-11,13H2,1-2H3/p+1/t16-/m0/s1.